The van der Waals surface area contributed by atoms with Crippen molar-refractivity contribution in [1.29, 1.82) is 0 Å². The van der Waals surface area contributed by atoms with Gasteiger partial charge < -0.3 is 10.6 Å². The van der Waals surface area contributed by atoms with Gasteiger partial charge in [0.15, 0.2) is 0 Å². The minimum atomic E-state index is -0.447. The van der Waals surface area contributed by atoms with Crippen LogP contribution in [0.15, 0.2) is 24.3 Å². The fourth-order valence-electron chi connectivity index (χ4n) is 1.71. The molecule has 1 aliphatic heterocycles. The Morgan fingerprint density at radius 1 is 1.47 bits per heavy atom. The van der Waals surface area contributed by atoms with Gasteiger partial charge in [-0.2, -0.15) is 0 Å². The van der Waals surface area contributed by atoms with Gasteiger partial charge in [-0.3, -0.25) is 9.59 Å². The van der Waals surface area contributed by atoms with Crippen LogP contribution in [-0.4, -0.2) is 17.9 Å². The van der Waals surface area contributed by atoms with E-state index in [1.54, 1.807) is 0 Å². The van der Waals surface area contributed by atoms with E-state index in [2.05, 4.69) is 10.6 Å². The first-order chi connectivity index (χ1) is 7.16. The van der Waals surface area contributed by atoms with E-state index in [1.165, 1.54) is 6.92 Å². The normalized spacial score (nSPS) is 19.0. The molecule has 2 N–H and O–H groups in total. The maximum absolute atomic E-state index is 11.6. The summed E-state index contributed by atoms with van der Waals surface area (Å²) in [6.45, 7) is 1.41. The number of fused-ring (bicyclic) bond motifs is 1. The van der Waals surface area contributed by atoms with Crippen molar-refractivity contribution in [3.05, 3.63) is 29.8 Å². The van der Waals surface area contributed by atoms with Gasteiger partial charge in [-0.15, -0.1) is 0 Å². The molecule has 1 aliphatic rings. The minimum absolute atomic E-state index is 0.149. The van der Waals surface area contributed by atoms with E-state index in [-0.39, 0.29) is 11.8 Å². The second-order valence-electron chi connectivity index (χ2n) is 3.60. The molecule has 0 aromatic heterocycles. The van der Waals surface area contributed by atoms with Crippen molar-refractivity contribution in [2.45, 2.75) is 19.4 Å². The lowest BCUT2D eigenvalue weighted by Gasteiger charge is -2.24. The molecule has 1 aromatic carbocycles. The van der Waals surface area contributed by atoms with Crippen LogP contribution in [0.1, 0.15) is 12.5 Å². The van der Waals surface area contributed by atoms with Gasteiger partial charge in [-0.1, -0.05) is 18.2 Å². The Labute approximate surface area is 87.7 Å². The molecule has 2 amide bonds. The summed E-state index contributed by atoms with van der Waals surface area (Å²) < 4.78 is 0. The van der Waals surface area contributed by atoms with Crippen molar-refractivity contribution in [2.75, 3.05) is 5.32 Å². The summed E-state index contributed by atoms with van der Waals surface area (Å²) in [6.07, 6.45) is 0.557. The van der Waals surface area contributed by atoms with Crippen LogP contribution in [0, 0.1) is 0 Å². The Morgan fingerprint density at radius 3 is 2.93 bits per heavy atom. The highest BCUT2D eigenvalue weighted by atomic mass is 16.2. The first-order valence-electron chi connectivity index (χ1n) is 4.82. The van der Waals surface area contributed by atoms with Crippen LogP contribution >= 0.6 is 0 Å². The van der Waals surface area contributed by atoms with E-state index >= 15 is 0 Å². The van der Waals surface area contributed by atoms with E-state index in [1.807, 2.05) is 24.3 Å². The maximum Gasteiger partial charge on any atom is 0.247 e. The Morgan fingerprint density at radius 2 is 2.20 bits per heavy atom. The van der Waals surface area contributed by atoms with Crippen molar-refractivity contribution in [2.24, 2.45) is 0 Å². The van der Waals surface area contributed by atoms with Gasteiger partial charge in [0.1, 0.15) is 6.04 Å². The molecule has 2 rings (SSSR count). The number of carbonyl (C=O) groups is 2. The first kappa shape index (κ1) is 9.71. The summed E-state index contributed by atoms with van der Waals surface area (Å²) in [5.41, 5.74) is 1.89. The Bertz CT molecular complexity index is 415. The molecule has 4 nitrogen and oxygen atoms in total. The molecular formula is C11H12N2O2. The van der Waals surface area contributed by atoms with Gasteiger partial charge in [-0.05, 0) is 11.6 Å². The highest BCUT2D eigenvalue weighted by molar-refractivity contribution is 5.99. The summed E-state index contributed by atoms with van der Waals surface area (Å²) in [6, 6.07) is 7.15. The lowest BCUT2D eigenvalue weighted by molar-refractivity contribution is -0.125. The number of benzene rings is 1. The third-order valence-corrected chi connectivity index (χ3v) is 2.39. The zero-order valence-corrected chi connectivity index (χ0v) is 8.41. The van der Waals surface area contributed by atoms with Gasteiger partial charge in [0.05, 0.1) is 0 Å². The molecule has 15 heavy (non-hydrogen) atoms. The molecule has 0 aliphatic carbocycles. The molecule has 0 radical (unpaired) electrons. The van der Waals surface area contributed by atoms with Crippen LogP contribution in [0.3, 0.4) is 0 Å². The number of rotatable bonds is 1. The SMILES string of the molecule is CC(=O)NC1Cc2ccccc2NC1=O. The van der Waals surface area contributed by atoms with E-state index in [0.717, 1.165) is 11.3 Å². The second kappa shape index (κ2) is 3.73. The summed E-state index contributed by atoms with van der Waals surface area (Å²) in [4.78, 5) is 22.4. The summed E-state index contributed by atoms with van der Waals surface area (Å²) >= 11 is 0. The van der Waals surface area contributed by atoms with Crippen molar-refractivity contribution < 1.29 is 9.59 Å². The molecule has 0 bridgehead atoms. The standard InChI is InChI=1S/C11H12N2O2/c1-7(14)12-10-6-8-4-2-3-5-9(8)13-11(10)15/h2-5,10H,6H2,1H3,(H,12,14)(H,13,15). The topological polar surface area (TPSA) is 58.2 Å². The summed E-state index contributed by atoms with van der Waals surface area (Å²) in [5, 5.41) is 5.38. The maximum atomic E-state index is 11.6. The molecule has 0 fully saturated rings. The molecule has 78 valence electrons. The van der Waals surface area contributed by atoms with E-state index in [4.69, 9.17) is 0 Å². The van der Waals surface area contributed by atoms with Crippen LogP contribution in [0.25, 0.3) is 0 Å². The summed E-state index contributed by atoms with van der Waals surface area (Å²) in [5.74, 6) is -0.335. The molecule has 0 spiro atoms. The smallest absolute Gasteiger partial charge is 0.247 e. The number of hydrogen-bond donors (Lipinski definition) is 2. The predicted octanol–water partition coefficient (Wildman–Crippen LogP) is 0.686. The predicted molar refractivity (Wildman–Crippen MR) is 56.4 cm³/mol. The molecule has 4 heteroatoms. The van der Waals surface area contributed by atoms with Crippen LogP contribution < -0.4 is 10.6 Å². The highest BCUT2D eigenvalue weighted by Gasteiger charge is 2.25. The highest BCUT2D eigenvalue weighted by Crippen LogP contribution is 2.21. The molecule has 0 saturated heterocycles. The number of amides is 2. The van der Waals surface area contributed by atoms with E-state index in [0.29, 0.717) is 6.42 Å². The zero-order valence-electron chi connectivity index (χ0n) is 8.41. The summed E-state index contributed by atoms with van der Waals surface area (Å²) in [7, 11) is 0. The van der Waals surface area contributed by atoms with Gasteiger partial charge >= 0.3 is 0 Å². The van der Waals surface area contributed by atoms with Crippen LogP contribution in [0.2, 0.25) is 0 Å². The van der Waals surface area contributed by atoms with Crippen molar-refractivity contribution in [3.63, 3.8) is 0 Å². The molecular weight excluding hydrogens is 192 g/mol. The molecule has 0 saturated carbocycles. The largest absolute Gasteiger partial charge is 0.344 e. The number of anilines is 1. The zero-order chi connectivity index (χ0) is 10.8. The van der Waals surface area contributed by atoms with Gasteiger partial charge in [0, 0.05) is 19.0 Å². The van der Waals surface area contributed by atoms with Gasteiger partial charge in [0.25, 0.3) is 0 Å². The van der Waals surface area contributed by atoms with Crippen LogP contribution in [-0.2, 0) is 16.0 Å². The van der Waals surface area contributed by atoms with E-state index in [9.17, 15) is 9.59 Å². The lowest BCUT2D eigenvalue weighted by Crippen LogP contribution is -2.46. The molecule has 1 atom stereocenters. The molecule has 1 heterocycles. The molecule has 1 unspecified atom stereocenters. The van der Waals surface area contributed by atoms with Gasteiger partial charge in [-0.25, -0.2) is 0 Å². The number of nitrogens with one attached hydrogen (secondary N) is 2. The third kappa shape index (κ3) is 1.98. The van der Waals surface area contributed by atoms with Crippen molar-refractivity contribution in [3.8, 4) is 0 Å². The monoisotopic (exact) mass is 204 g/mol. The van der Waals surface area contributed by atoms with Gasteiger partial charge in [0.2, 0.25) is 11.8 Å². The minimum Gasteiger partial charge on any atom is -0.344 e. The second-order valence-corrected chi connectivity index (χ2v) is 3.60. The quantitative estimate of drug-likeness (QED) is 0.707. The Balaban J connectivity index is 2.22. The number of carbonyl (C=O) groups excluding carboxylic acids is 2. The fraction of sp³-hybridized carbons (Fsp3) is 0.273. The van der Waals surface area contributed by atoms with E-state index < -0.39 is 6.04 Å². The molecule has 1 aromatic rings. The van der Waals surface area contributed by atoms with Crippen LogP contribution in [0.4, 0.5) is 5.69 Å². The van der Waals surface area contributed by atoms with Crippen molar-refractivity contribution in [1.82, 2.24) is 5.32 Å². The Hall–Kier alpha value is -1.84. The third-order valence-electron chi connectivity index (χ3n) is 2.39. The number of para-hydroxylation sites is 1. The van der Waals surface area contributed by atoms with Crippen LogP contribution in [0.5, 0.6) is 0 Å². The first-order valence-corrected chi connectivity index (χ1v) is 4.82. The lowest BCUT2D eigenvalue weighted by atomic mass is 9.99. The Kier molecular flexibility index (Phi) is 2.41. The van der Waals surface area contributed by atoms with Crippen molar-refractivity contribution >= 4 is 17.5 Å². The average Bonchev–Trinajstić information content (AvgIpc) is 2.18. The average molecular weight is 204 g/mol. The number of hydrogen-bond acceptors (Lipinski definition) is 2. The fourth-order valence-corrected chi connectivity index (χ4v) is 1.71.